The predicted octanol–water partition coefficient (Wildman–Crippen LogP) is 8.43. The molecule has 4 heterocycles. The minimum atomic E-state index is 0.150. The highest BCUT2D eigenvalue weighted by Crippen LogP contribution is 2.46. The first kappa shape index (κ1) is 19.7. The van der Waals surface area contributed by atoms with Crippen molar-refractivity contribution < 1.29 is 0 Å². The molecule has 9 aromatic rings. The lowest BCUT2D eigenvalue weighted by molar-refractivity contribution is 1.09. The van der Waals surface area contributed by atoms with Gasteiger partial charge in [-0.2, -0.15) is 0 Å². The summed E-state index contributed by atoms with van der Waals surface area (Å²) in [7, 11) is 0. The van der Waals surface area contributed by atoms with E-state index in [2.05, 4.69) is 97.7 Å². The molecule has 0 aliphatic rings. The predicted molar refractivity (Wildman–Crippen MR) is 155 cm³/mol. The molecule has 0 atom stereocenters. The Hall–Kier alpha value is -5.47. The topological polar surface area (TPSA) is 39.5 Å². The summed E-state index contributed by atoms with van der Waals surface area (Å²) in [5.74, 6) is 0.882. The SMILES string of the molecule is [C-]#[N+]c1nc(-n2c3ccccc3c3cc4c5ccccc5n5c6ccccc6c(c32)c45)c2ccccc2n1. The third-order valence-electron chi connectivity index (χ3n) is 7.89. The fourth-order valence-electron chi connectivity index (χ4n) is 6.45. The normalized spacial score (nSPS) is 12.2. The third-order valence-corrected chi connectivity index (χ3v) is 7.89. The van der Waals surface area contributed by atoms with Crippen molar-refractivity contribution in [1.29, 1.82) is 0 Å². The molecule has 5 nitrogen and oxygen atoms in total. The van der Waals surface area contributed by atoms with Crippen LogP contribution in [0.3, 0.4) is 0 Å². The molecule has 4 aromatic heterocycles. The molecule has 0 aliphatic carbocycles. The molecule has 174 valence electrons. The quantitative estimate of drug-likeness (QED) is 0.220. The van der Waals surface area contributed by atoms with Gasteiger partial charge >= 0.3 is 5.95 Å². The van der Waals surface area contributed by atoms with Crippen molar-refractivity contribution in [1.82, 2.24) is 18.9 Å². The molecule has 0 unspecified atom stereocenters. The molecule has 0 fully saturated rings. The molecule has 0 amide bonds. The van der Waals surface area contributed by atoms with Gasteiger partial charge in [-0.25, -0.2) is 0 Å². The maximum atomic E-state index is 7.71. The van der Waals surface area contributed by atoms with E-state index in [-0.39, 0.29) is 5.95 Å². The van der Waals surface area contributed by atoms with E-state index in [0.717, 1.165) is 33.1 Å². The van der Waals surface area contributed by atoms with Crippen LogP contribution in [0.2, 0.25) is 0 Å². The fourth-order valence-corrected chi connectivity index (χ4v) is 6.45. The standard InChI is InChI=1S/C33H17N5/c1-34-33-35-25-14-6-2-12-21(25)32(36-33)38-27-16-8-4-11-20(27)24-18-23-19-10-3-7-15-26(19)37-28-17-9-5-13-22(28)29(30(23)37)31(24)38/h2-18H. The van der Waals surface area contributed by atoms with Gasteiger partial charge in [0.15, 0.2) is 0 Å². The van der Waals surface area contributed by atoms with Crippen LogP contribution in [0.1, 0.15) is 0 Å². The van der Waals surface area contributed by atoms with Gasteiger partial charge in [0.2, 0.25) is 5.82 Å². The van der Waals surface area contributed by atoms with E-state index in [4.69, 9.17) is 11.6 Å². The van der Waals surface area contributed by atoms with Crippen molar-refractivity contribution in [3.8, 4) is 5.82 Å². The lowest BCUT2D eigenvalue weighted by atomic mass is 10.0. The molecule has 0 saturated heterocycles. The van der Waals surface area contributed by atoms with Gasteiger partial charge < -0.3 is 9.25 Å². The lowest BCUT2D eigenvalue weighted by Gasteiger charge is -2.09. The second-order valence-electron chi connectivity index (χ2n) is 9.74. The smallest absolute Gasteiger partial charge is 0.374 e. The van der Waals surface area contributed by atoms with Crippen LogP contribution < -0.4 is 0 Å². The van der Waals surface area contributed by atoms with Crippen molar-refractivity contribution in [2.45, 2.75) is 0 Å². The molecular weight excluding hydrogens is 466 g/mol. The van der Waals surface area contributed by atoms with Crippen molar-refractivity contribution in [3.05, 3.63) is 115 Å². The number of para-hydroxylation sites is 4. The second kappa shape index (κ2) is 6.84. The minimum Gasteiger partial charge on any atom is -0.394 e. The molecule has 0 bridgehead atoms. The summed E-state index contributed by atoms with van der Waals surface area (Å²) in [5.41, 5.74) is 6.54. The Labute approximate surface area is 216 Å². The van der Waals surface area contributed by atoms with Gasteiger partial charge in [-0.1, -0.05) is 66.7 Å². The molecule has 5 heteroatoms. The summed E-state index contributed by atoms with van der Waals surface area (Å²) in [5, 5.41) is 8.16. The van der Waals surface area contributed by atoms with Crippen LogP contribution in [0.15, 0.2) is 103 Å². The Morgan fingerprint density at radius 3 is 1.89 bits per heavy atom. The molecule has 0 aliphatic heterocycles. The summed E-state index contributed by atoms with van der Waals surface area (Å²) in [4.78, 5) is 13.0. The van der Waals surface area contributed by atoms with Crippen LogP contribution in [0.25, 0.3) is 81.5 Å². The van der Waals surface area contributed by atoms with Crippen LogP contribution >= 0.6 is 0 Å². The Bertz CT molecular complexity index is 2470. The first-order valence-electron chi connectivity index (χ1n) is 12.6. The lowest BCUT2D eigenvalue weighted by Crippen LogP contribution is -2.00. The highest BCUT2D eigenvalue weighted by atomic mass is 15.1. The molecule has 5 aromatic carbocycles. The van der Waals surface area contributed by atoms with E-state index >= 15 is 0 Å². The van der Waals surface area contributed by atoms with Gasteiger partial charge in [-0.05, 0) is 36.4 Å². The number of hydrogen-bond acceptors (Lipinski definition) is 2. The minimum absolute atomic E-state index is 0.150. The Morgan fingerprint density at radius 2 is 1.13 bits per heavy atom. The van der Waals surface area contributed by atoms with Crippen LogP contribution in [-0.2, 0) is 0 Å². The number of benzene rings is 5. The van der Waals surface area contributed by atoms with Crippen LogP contribution in [0.4, 0.5) is 5.95 Å². The largest absolute Gasteiger partial charge is 0.394 e. The Morgan fingerprint density at radius 1 is 0.553 bits per heavy atom. The maximum Gasteiger partial charge on any atom is 0.374 e. The second-order valence-corrected chi connectivity index (χ2v) is 9.74. The summed E-state index contributed by atoms with van der Waals surface area (Å²) in [6.07, 6.45) is 0. The van der Waals surface area contributed by atoms with Crippen molar-refractivity contribution in [2.24, 2.45) is 0 Å². The Kier molecular flexibility index (Phi) is 3.55. The van der Waals surface area contributed by atoms with Gasteiger partial charge in [-0.15, -0.1) is 16.5 Å². The summed E-state index contributed by atoms with van der Waals surface area (Å²) in [6, 6.07) is 36.1. The van der Waals surface area contributed by atoms with Crippen molar-refractivity contribution in [2.75, 3.05) is 0 Å². The van der Waals surface area contributed by atoms with Gasteiger partial charge in [0.25, 0.3) is 0 Å². The number of aromatic nitrogens is 4. The molecule has 9 rings (SSSR count). The van der Waals surface area contributed by atoms with Crippen LogP contribution in [-0.4, -0.2) is 18.9 Å². The molecule has 0 N–H and O–H groups in total. The fraction of sp³-hybridized carbons (Fsp3) is 0. The van der Waals surface area contributed by atoms with Crippen molar-refractivity contribution in [3.63, 3.8) is 0 Å². The van der Waals surface area contributed by atoms with E-state index in [9.17, 15) is 0 Å². The van der Waals surface area contributed by atoms with Gasteiger partial charge in [-0.3, -0.25) is 4.57 Å². The monoisotopic (exact) mass is 483 g/mol. The number of hydrogen-bond donors (Lipinski definition) is 0. The first-order valence-corrected chi connectivity index (χ1v) is 12.6. The summed E-state index contributed by atoms with van der Waals surface area (Å²) >= 11 is 0. The van der Waals surface area contributed by atoms with Gasteiger partial charge in [0.05, 0.1) is 33.0 Å². The number of nitrogens with zero attached hydrogens (tertiary/aromatic N) is 5. The van der Waals surface area contributed by atoms with E-state index < -0.39 is 0 Å². The first-order chi connectivity index (χ1) is 18.8. The summed E-state index contributed by atoms with van der Waals surface area (Å²) in [6.45, 7) is 7.71. The van der Waals surface area contributed by atoms with E-state index in [0.29, 0.717) is 0 Å². The van der Waals surface area contributed by atoms with Crippen LogP contribution in [0.5, 0.6) is 0 Å². The third kappa shape index (κ3) is 2.26. The molecular formula is C33H17N5. The van der Waals surface area contributed by atoms with Crippen LogP contribution in [0, 0.1) is 6.57 Å². The Balaban J connectivity index is 1.64. The van der Waals surface area contributed by atoms with Gasteiger partial charge in [0, 0.05) is 32.3 Å². The zero-order valence-corrected chi connectivity index (χ0v) is 20.1. The average molecular weight is 484 g/mol. The number of rotatable bonds is 1. The highest BCUT2D eigenvalue weighted by Gasteiger charge is 2.26. The van der Waals surface area contributed by atoms with Crippen molar-refractivity contribution >= 4 is 76.8 Å². The molecule has 0 saturated carbocycles. The number of fused-ring (bicyclic) bond motifs is 11. The molecule has 0 spiro atoms. The highest BCUT2D eigenvalue weighted by molar-refractivity contribution is 6.34. The summed E-state index contributed by atoms with van der Waals surface area (Å²) < 4.78 is 4.65. The van der Waals surface area contributed by atoms with E-state index in [1.807, 2.05) is 24.3 Å². The zero-order valence-electron chi connectivity index (χ0n) is 20.1. The van der Waals surface area contributed by atoms with E-state index in [1.54, 1.807) is 0 Å². The molecule has 0 radical (unpaired) electrons. The zero-order chi connectivity index (χ0) is 25.0. The average Bonchev–Trinajstić information content (AvgIpc) is 3.61. The maximum absolute atomic E-state index is 7.71. The van der Waals surface area contributed by atoms with E-state index in [1.165, 1.54) is 43.5 Å². The molecule has 38 heavy (non-hydrogen) atoms. The van der Waals surface area contributed by atoms with Gasteiger partial charge in [0.1, 0.15) is 5.52 Å².